The summed E-state index contributed by atoms with van der Waals surface area (Å²) >= 11 is 0. The summed E-state index contributed by atoms with van der Waals surface area (Å²) in [4.78, 5) is 13.1. The Hall–Kier alpha value is -1.59. The normalized spacial score (nSPS) is 11.8. The van der Waals surface area contributed by atoms with Crippen LogP contribution < -0.4 is 11.5 Å². The Morgan fingerprint density at radius 2 is 2.05 bits per heavy atom. The fourth-order valence-electron chi connectivity index (χ4n) is 1.96. The number of hydrogen-bond donors (Lipinski definition) is 3. The van der Waals surface area contributed by atoms with Gasteiger partial charge in [0, 0.05) is 24.3 Å². The fraction of sp³-hybridized carbons (Fsp3) is 0.500. The van der Waals surface area contributed by atoms with Crippen molar-refractivity contribution in [2.45, 2.75) is 32.9 Å². The van der Waals surface area contributed by atoms with Gasteiger partial charge in [-0.25, -0.2) is 0 Å². The Kier molecular flexibility index (Phi) is 4.91. The SMILES string of the molecule is CCN(Cc1ccc(C(N)=O)cc1N)CC(C)(C)O. The van der Waals surface area contributed by atoms with Crippen LogP contribution in [0.1, 0.15) is 36.7 Å². The first-order valence-electron chi connectivity index (χ1n) is 6.36. The summed E-state index contributed by atoms with van der Waals surface area (Å²) in [5, 5.41) is 9.85. The van der Waals surface area contributed by atoms with Crippen LogP contribution >= 0.6 is 0 Å². The maximum Gasteiger partial charge on any atom is 0.248 e. The van der Waals surface area contributed by atoms with Gasteiger partial charge in [0.1, 0.15) is 0 Å². The van der Waals surface area contributed by atoms with Gasteiger partial charge in [-0.1, -0.05) is 13.0 Å². The highest BCUT2D eigenvalue weighted by atomic mass is 16.3. The summed E-state index contributed by atoms with van der Waals surface area (Å²) in [5.41, 5.74) is 12.3. The molecule has 0 heterocycles. The van der Waals surface area contributed by atoms with Gasteiger partial charge < -0.3 is 16.6 Å². The summed E-state index contributed by atoms with van der Waals surface area (Å²) in [6.45, 7) is 7.57. The predicted molar refractivity (Wildman–Crippen MR) is 76.6 cm³/mol. The Morgan fingerprint density at radius 1 is 1.42 bits per heavy atom. The zero-order valence-electron chi connectivity index (χ0n) is 11.8. The number of anilines is 1. The zero-order chi connectivity index (χ0) is 14.6. The molecule has 19 heavy (non-hydrogen) atoms. The van der Waals surface area contributed by atoms with E-state index in [1.54, 1.807) is 26.0 Å². The van der Waals surface area contributed by atoms with E-state index < -0.39 is 11.5 Å². The molecule has 1 aromatic rings. The highest BCUT2D eigenvalue weighted by Gasteiger charge is 2.18. The van der Waals surface area contributed by atoms with Crippen molar-refractivity contribution >= 4 is 11.6 Å². The van der Waals surface area contributed by atoms with Crippen molar-refractivity contribution in [1.82, 2.24) is 4.90 Å². The second kappa shape index (κ2) is 6.04. The molecule has 0 aromatic heterocycles. The number of carbonyl (C=O) groups excluding carboxylic acids is 1. The van der Waals surface area contributed by atoms with E-state index in [0.29, 0.717) is 24.3 Å². The number of benzene rings is 1. The summed E-state index contributed by atoms with van der Waals surface area (Å²) in [7, 11) is 0. The third-order valence-electron chi connectivity index (χ3n) is 2.88. The van der Waals surface area contributed by atoms with Crippen LogP contribution in [0.15, 0.2) is 18.2 Å². The van der Waals surface area contributed by atoms with Crippen LogP contribution in [0.3, 0.4) is 0 Å². The molecule has 1 aromatic carbocycles. The van der Waals surface area contributed by atoms with Gasteiger partial charge in [-0.05, 0) is 38.1 Å². The first-order chi connectivity index (χ1) is 8.73. The van der Waals surface area contributed by atoms with Crippen molar-refractivity contribution in [2.75, 3.05) is 18.8 Å². The van der Waals surface area contributed by atoms with Gasteiger partial charge in [-0.3, -0.25) is 9.69 Å². The van der Waals surface area contributed by atoms with E-state index >= 15 is 0 Å². The fourth-order valence-corrected chi connectivity index (χ4v) is 1.96. The summed E-state index contributed by atoms with van der Waals surface area (Å²) < 4.78 is 0. The third-order valence-corrected chi connectivity index (χ3v) is 2.88. The predicted octanol–water partition coefficient (Wildman–Crippen LogP) is 0.961. The van der Waals surface area contributed by atoms with E-state index in [1.165, 1.54) is 0 Å². The highest BCUT2D eigenvalue weighted by Crippen LogP contribution is 2.17. The highest BCUT2D eigenvalue weighted by molar-refractivity contribution is 5.93. The minimum Gasteiger partial charge on any atom is -0.398 e. The lowest BCUT2D eigenvalue weighted by molar-refractivity contribution is 0.0354. The average molecular weight is 265 g/mol. The van der Waals surface area contributed by atoms with Crippen LogP contribution in [-0.2, 0) is 6.54 Å². The Labute approximate surface area is 114 Å². The lowest BCUT2D eigenvalue weighted by atomic mass is 10.1. The monoisotopic (exact) mass is 265 g/mol. The first-order valence-corrected chi connectivity index (χ1v) is 6.36. The second-order valence-electron chi connectivity index (χ2n) is 5.39. The molecule has 1 amide bonds. The minimum absolute atomic E-state index is 0.409. The Balaban J connectivity index is 2.83. The molecular formula is C14H23N3O2. The van der Waals surface area contributed by atoms with E-state index in [2.05, 4.69) is 4.90 Å². The molecule has 0 saturated carbocycles. The number of rotatable bonds is 6. The number of primary amides is 1. The van der Waals surface area contributed by atoms with Crippen LogP contribution in [-0.4, -0.2) is 34.6 Å². The van der Waals surface area contributed by atoms with Crippen LogP contribution in [0.4, 0.5) is 5.69 Å². The quantitative estimate of drug-likeness (QED) is 0.668. The van der Waals surface area contributed by atoms with Crippen molar-refractivity contribution in [1.29, 1.82) is 0 Å². The molecule has 5 heteroatoms. The van der Waals surface area contributed by atoms with Gasteiger partial charge in [-0.15, -0.1) is 0 Å². The van der Waals surface area contributed by atoms with E-state index in [4.69, 9.17) is 11.5 Å². The molecule has 0 aliphatic carbocycles. The van der Waals surface area contributed by atoms with E-state index in [0.717, 1.165) is 12.1 Å². The molecule has 0 fully saturated rings. The van der Waals surface area contributed by atoms with Crippen LogP contribution in [0.2, 0.25) is 0 Å². The van der Waals surface area contributed by atoms with Crippen molar-refractivity contribution in [3.8, 4) is 0 Å². The second-order valence-corrected chi connectivity index (χ2v) is 5.39. The lowest BCUT2D eigenvalue weighted by Crippen LogP contribution is -2.38. The van der Waals surface area contributed by atoms with Gasteiger partial charge in [0.15, 0.2) is 0 Å². The zero-order valence-corrected chi connectivity index (χ0v) is 11.8. The molecule has 0 bridgehead atoms. The van der Waals surface area contributed by atoms with Crippen LogP contribution in [0.5, 0.6) is 0 Å². The van der Waals surface area contributed by atoms with E-state index in [-0.39, 0.29) is 0 Å². The number of nitrogen functional groups attached to an aromatic ring is 1. The molecule has 5 N–H and O–H groups in total. The molecule has 0 aliphatic heterocycles. The molecule has 0 unspecified atom stereocenters. The number of hydrogen-bond acceptors (Lipinski definition) is 4. The molecule has 0 atom stereocenters. The summed E-state index contributed by atoms with van der Waals surface area (Å²) in [6.07, 6.45) is 0. The molecular weight excluding hydrogens is 242 g/mol. The van der Waals surface area contributed by atoms with Gasteiger partial charge in [0.25, 0.3) is 0 Å². The molecule has 0 saturated heterocycles. The van der Waals surface area contributed by atoms with Crippen molar-refractivity contribution in [2.24, 2.45) is 5.73 Å². The van der Waals surface area contributed by atoms with Crippen molar-refractivity contribution in [3.63, 3.8) is 0 Å². The number of nitrogens with zero attached hydrogens (tertiary/aromatic N) is 1. The van der Waals surface area contributed by atoms with Gasteiger partial charge >= 0.3 is 0 Å². The number of nitrogens with two attached hydrogens (primary N) is 2. The number of aliphatic hydroxyl groups is 1. The van der Waals surface area contributed by atoms with Gasteiger partial charge in [0.05, 0.1) is 5.60 Å². The van der Waals surface area contributed by atoms with E-state index in [9.17, 15) is 9.90 Å². The number of likely N-dealkylation sites (N-methyl/N-ethyl adjacent to an activating group) is 1. The number of carbonyl (C=O) groups is 1. The third kappa shape index (κ3) is 4.89. The maximum atomic E-state index is 11.1. The first kappa shape index (κ1) is 15.5. The van der Waals surface area contributed by atoms with Gasteiger partial charge in [0.2, 0.25) is 5.91 Å². The summed E-state index contributed by atoms with van der Waals surface area (Å²) in [6, 6.07) is 5.07. The van der Waals surface area contributed by atoms with Gasteiger partial charge in [-0.2, -0.15) is 0 Å². The minimum atomic E-state index is -0.752. The molecule has 1 rings (SSSR count). The Morgan fingerprint density at radius 3 is 2.47 bits per heavy atom. The topological polar surface area (TPSA) is 92.6 Å². The molecule has 106 valence electrons. The molecule has 5 nitrogen and oxygen atoms in total. The van der Waals surface area contributed by atoms with Crippen LogP contribution in [0.25, 0.3) is 0 Å². The summed E-state index contributed by atoms with van der Waals surface area (Å²) in [5.74, 6) is -0.484. The van der Waals surface area contributed by atoms with Crippen molar-refractivity contribution in [3.05, 3.63) is 29.3 Å². The maximum absolute atomic E-state index is 11.1. The molecule has 0 spiro atoms. The number of amides is 1. The standard InChI is InChI=1S/C14H23N3O2/c1-4-17(9-14(2,3)19)8-11-6-5-10(13(16)18)7-12(11)15/h5-7,19H,4,8-9,15H2,1-3H3,(H2,16,18). The molecule has 0 radical (unpaired) electrons. The average Bonchev–Trinajstić information content (AvgIpc) is 2.28. The Bertz CT molecular complexity index is 452. The smallest absolute Gasteiger partial charge is 0.248 e. The lowest BCUT2D eigenvalue weighted by Gasteiger charge is -2.28. The van der Waals surface area contributed by atoms with Crippen LogP contribution in [0, 0.1) is 0 Å². The van der Waals surface area contributed by atoms with E-state index in [1.807, 2.05) is 13.0 Å². The largest absolute Gasteiger partial charge is 0.398 e. The molecule has 0 aliphatic rings. The van der Waals surface area contributed by atoms with Crippen molar-refractivity contribution < 1.29 is 9.90 Å².